The summed E-state index contributed by atoms with van der Waals surface area (Å²) in [4.78, 5) is 14.3. The molecule has 0 bridgehead atoms. The molecule has 1 aliphatic heterocycles. The Balaban J connectivity index is 1.59. The van der Waals surface area contributed by atoms with Crippen molar-refractivity contribution in [3.63, 3.8) is 0 Å². The number of aromatic nitrogens is 4. The van der Waals surface area contributed by atoms with Crippen LogP contribution in [0, 0.1) is 0 Å². The van der Waals surface area contributed by atoms with E-state index in [9.17, 15) is 18.3 Å². The number of anilines is 1. The molecule has 1 N–H and O–H groups in total. The highest BCUT2D eigenvalue weighted by Crippen LogP contribution is 2.27. The predicted molar refractivity (Wildman–Crippen MR) is 85.0 cm³/mol. The SMILES string of the molecule is OC1(Cn2ccnc2)CCN(c2nccc(CCC(F)(F)F)n2)CC1. The van der Waals surface area contributed by atoms with Crippen LogP contribution in [0.4, 0.5) is 19.1 Å². The minimum Gasteiger partial charge on any atom is -0.388 e. The number of alkyl halides is 3. The van der Waals surface area contributed by atoms with Crippen LogP contribution in [0.15, 0.2) is 31.0 Å². The summed E-state index contributed by atoms with van der Waals surface area (Å²) in [5.41, 5.74) is -0.452. The summed E-state index contributed by atoms with van der Waals surface area (Å²) in [6.07, 6.45) is 2.43. The number of aliphatic hydroxyl groups is 1. The average molecular weight is 355 g/mol. The lowest BCUT2D eigenvalue weighted by Crippen LogP contribution is -2.47. The zero-order chi connectivity index (χ0) is 17.9. The highest BCUT2D eigenvalue weighted by Gasteiger charge is 2.33. The first kappa shape index (κ1) is 17.7. The molecule has 9 heteroatoms. The van der Waals surface area contributed by atoms with Crippen LogP contribution in [-0.4, -0.2) is 49.5 Å². The molecule has 25 heavy (non-hydrogen) atoms. The summed E-state index contributed by atoms with van der Waals surface area (Å²) >= 11 is 0. The molecule has 2 aromatic rings. The van der Waals surface area contributed by atoms with Crippen molar-refractivity contribution < 1.29 is 18.3 Å². The van der Waals surface area contributed by atoms with Gasteiger partial charge in [-0.05, 0) is 25.3 Å². The zero-order valence-corrected chi connectivity index (χ0v) is 13.7. The van der Waals surface area contributed by atoms with E-state index in [1.165, 1.54) is 12.3 Å². The molecule has 6 nitrogen and oxygen atoms in total. The maximum atomic E-state index is 12.3. The highest BCUT2D eigenvalue weighted by molar-refractivity contribution is 5.31. The van der Waals surface area contributed by atoms with E-state index < -0.39 is 18.2 Å². The fourth-order valence-electron chi connectivity index (χ4n) is 2.95. The molecule has 0 radical (unpaired) electrons. The van der Waals surface area contributed by atoms with Gasteiger partial charge < -0.3 is 14.6 Å². The Morgan fingerprint density at radius 2 is 1.96 bits per heavy atom. The van der Waals surface area contributed by atoms with Crippen LogP contribution in [0.2, 0.25) is 0 Å². The monoisotopic (exact) mass is 355 g/mol. The van der Waals surface area contributed by atoms with Gasteiger partial charge in [0.2, 0.25) is 5.95 Å². The van der Waals surface area contributed by atoms with Gasteiger partial charge in [-0.3, -0.25) is 0 Å². The van der Waals surface area contributed by atoms with E-state index in [1.807, 2.05) is 9.47 Å². The predicted octanol–water partition coefficient (Wildman–Crippen LogP) is 2.20. The Bertz CT molecular complexity index is 681. The first-order valence-corrected chi connectivity index (χ1v) is 8.15. The Hall–Kier alpha value is -2.16. The molecule has 3 heterocycles. The molecular formula is C16H20F3N5O. The second kappa shape index (κ2) is 6.99. The second-order valence-corrected chi connectivity index (χ2v) is 6.41. The van der Waals surface area contributed by atoms with Crippen molar-refractivity contribution in [2.24, 2.45) is 0 Å². The molecule has 0 spiro atoms. The van der Waals surface area contributed by atoms with Crippen molar-refractivity contribution in [1.29, 1.82) is 0 Å². The third-order valence-corrected chi connectivity index (χ3v) is 4.38. The van der Waals surface area contributed by atoms with Gasteiger partial charge >= 0.3 is 6.18 Å². The quantitative estimate of drug-likeness (QED) is 0.891. The molecule has 0 atom stereocenters. The topological polar surface area (TPSA) is 67.1 Å². The van der Waals surface area contributed by atoms with Crippen molar-refractivity contribution >= 4 is 5.95 Å². The molecule has 0 aromatic carbocycles. The summed E-state index contributed by atoms with van der Waals surface area (Å²) < 4.78 is 38.9. The first-order chi connectivity index (χ1) is 11.8. The maximum absolute atomic E-state index is 12.3. The molecule has 2 aromatic heterocycles. The van der Waals surface area contributed by atoms with Crippen LogP contribution in [0.25, 0.3) is 0 Å². The van der Waals surface area contributed by atoms with Gasteiger partial charge in [0.15, 0.2) is 0 Å². The number of piperidine rings is 1. The van der Waals surface area contributed by atoms with Gasteiger partial charge in [0.1, 0.15) is 0 Å². The van der Waals surface area contributed by atoms with Gasteiger partial charge in [-0.1, -0.05) is 0 Å². The number of hydrogen-bond donors (Lipinski definition) is 1. The molecule has 3 rings (SSSR count). The first-order valence-electron chi connectivity index (χ1n) is 8.15. The van der Waals surface area contributed by atoms with Crippen molar-refractivity contribution in [1.82, 2.24) is 19.5 Å². The summed E-state index contributed by atoms with van der Waals surface area (Å²) in [6.45, 7) is 1.56. The van der Waals surface area contributed by atoms with E-state index >= 15 is 0 Å². The van der Waals surface area contributed by atoms with Gasteiger partial charge in [-0.15, -0.1) is 0 Å². The molecule has 1 saturated heterocycles. The Labute approximate surface area is 143 Å². The smallest absolute Gasteiger partial charge is 0.388 e. The van der Waals surface area contributed by atoms with Gasteiger partial charge in [0.05, 0.1) is 18.5 Å². The average Bonchev–Trinajstić information content (AvgIpc) is 3.06. The van der Waals surface area contributed by atoms with Gasteiger partial charge in [-0.2, -0.15) is 13.2 Å². The van der Waals surface area contributed by atoms with Crippen molar-refractivity contribution in [2.45, 2.75) is 44.0 Å². The van der Waals surface area contributed by atoms with E-state index in [-0.39, 0.29) is 6.42 Å². The van der Waals surface area contributed by atoms with E-state index in [0.29, 0.717) is 44.1 Å². The molecule has 1 fully saturated rings. The largest absolute Gasteiger partial charge is 0.389 e. The lowest BCUT2D eigenvalue weighted by atomic mass is 9.91. The number of hydrogen-bond acceptors (Lipinski definition) is 5. The van der Waals surface area contributed by atoms with Crippen LogP contribution < -0.4 is 4.90 Å². The Morgan fingerprint density at radius 3 is 2.60 bits per heavy atom. The lowest BCUT2D eigenvalue weighted by molar-refractivity contribution is -0.134. The summed E-state index contributed by atoms with van der Waals surface area (Å²) in [6, 6.07) is 1.51. The van der Waals surface area contributed by atoms with E-state index in [1.54, 1.807) is 18.7 Å². The molecular weight excluding hydrogens is 335 g/mol. The van der Waals surface area contributed by atoms with E-state index in [4.69, 9.17) is 0 Å². The third kappa shape index (κ3) is 4.91. The number of aryl methyl sites for hydroxylation is 1. The van der Waals surface area contributed by atoms with Crippen molar-refractivity contribution in [3.8, 4) is 0 Å². The van der Waals surface area contributed by atoms with Crippen LogP contribution in [0.1, 0.15) is 25.0 Å². The molecule has 0 saturated carbocycles. The van der Waals surface area contributed by atoms with Crippen molar-refractivity contribution in [2.75, 3.05) is 18.0 Å². The molecule has 0 unspecified atom stereocenters. The molecule has 0 aliphatic carbocycles. The molecule has 1 aliphatic rings. The minimum atomic E-state index is -4.19. The zero-order valence-electron chi connectivity index (χ0n) is 13.7. The summed E-state index contributed by atoms with van der Waals surface area (Å²) in [7, 11) is 0. The van der Waals surface area contributed by atoms with E-state index in [0.717, 1.165) is 0 Å². The van der Waals surface area contributed by atoms with Crippen molar-refractivity contribution in [3.05, 3.63) is 36.7 Å². The van der Waals surface area contributed by atoms with Crippen LogP contribution in [-0.2, 0) is 13.0 Å². The fourth-order valence-corrected chi connectivity index (χ4v) is 2.95. The standard InChI is InChI=1S/C16H20F3N5O/c17-16(18,19)3-1-13-2-6-21-14(22-13)24-8-4-15(25,5-9-24)11-23-10-7-20-12-23/h2,6-7,10,12,25H,1,3-5,8-9,11H2. The van der Waals surface area contributed by atoms with Crippen LogP contribution in [0.5, 0.6) is 0 Å². The number of imidazole rings is 1. The summed E-state index contributed by atoms with van der Waals surface area (Å²) in [5, 5.41) is 10.7. The van der Waals surface area contributed by atoms with Gasteiger partial charge in [0.25, 0.3) is 0 Å². The normalized spacial score (nSPS) is 17.7. The summed E-state index contributed by atoms with van der Waals surface area (Å²) in [5.74, 6) is 0.421. The minimum absolute atomic E-state index is 0.155. The third-order valence-electron chi connectivity index (χ3n) is 4.38. The van der Waals surface area contributed by atoms with Gasteiger partial charge in [0, 0.05) is 43.8 Å². The highest BCUT2D eigenvalue weighted by atomic mass is 19.4. The molecule has 0 amide bonds. The fraction of sp³-hybridized carbons (Fsp3) is 0.562. The van der Waals surface area contributed by atoms with Crippen LogP contribution in [0.3, 0.4) is 0 Å². The maximum Gasteiger partial charge on any atom is 0.389 e. The number of rotatable bonds is 5. The number of halogens is 3. The second-order valence-electron chi connectivity index (χ2n) is 6.41. The Kier molecular flexibility index (Phi) is 4.94. The number of nitrogens with zero attached hydrogens (tertiary/aromatic N) is 5. The van der Waals surface area contributed by atoms with E-state index in [2.05, 4.69) is 15.0 Å². The lowest BCUT2D eigenvalue weighted by Gasteiger charge is -2.38. The van der Waals surface area contributed by atoms with Crippen LogP contribution >= 0.6 is 0 Å². The van der Waals surface area contributed by atoms with Gasteiger partial charge in [-0.25, -0.2) is 15.0 Å². The molecule has 136 valence electrons. The Morgan fingerprint density at radius 1 is 1.20 bits per heavy atom.